The summed E-state index contributed by atoms with van der Waals surface area (Å²) < 4.78 is 6.70. The van der Waals surface area contributed by atoms with Crippen molar-refractivity contribution in [1.29, 1.82) is 5.26 Å². The van der Waals surface area contributed by atoms with Crippen LogP contribution in [-0.2, 0) is 15.6 Å². The van der Waals surface area contributed by atoms with E-state index in [-0.39, 0.29) is 21.9 Å². The molecule has 0 aromatic heterocycles. The van der Waals surface area contributed by atoms with Crippen LogP contribution in [0.4, 0.5) is 5.69 Å². The number of hydrogen-bond donors (Lipinski definition) is 0. The largest absolute Gasteiger partial charge is 0.461 e. The maximum Gasteiger partial charge on any atom is 0.269 e. The second-order valence-corrected chi connectivity index (χ2v) is 22.2. The highest BCUT2D eigenvalue weighted by molar-refractivity contribution is 6.76. The van der Waals surface area contributed by atoms with E-state index >= 15 is 0 Å². The van der Waals surface area contributed by atoms with Crippen LogP contribution in [0.3, 0.4) is 0 Å². The number of fused-ring (bicyclic) bond motifs is 3. The SMILES string of the molecule is [C-]#[N+]/C(C#N)=C1C=C(/C=C/c2cc3c4c(c2)C(C)(C[Si](C)(C)C)CCN4CCC3(C)C)OC(C23CCC(C)(CC2)CC3)=C\1. The molecule has 3 saturated carbocycles. The normalized spacial score (nSPS) is 32.3. The number of anilines is 1. The maximum absolute atomic E-state index is 9.77. The van der Waals surface area contributed by atoms with Gasteiger partial charge in [-0.3, -0.25) is 0 Å². The molecule has 7 rings (SSSR count). The zero-order valence-electron chi connectivity index (χ0n) is 27.5. The molecule has 2 bridgehead atoms. The van der Waals surface area contributed by atoms with Crippen LogP contribution in [0.5, 0.6) is 0 Å². The molecule has 0 radical (unpaired) electrons. The van der Waals surface area contributed by atoms with E-state index < -0.39 is 8.07 Å². The third-order valence-corrected chi connectivity index (χ3v) is 13.4. The van der Waals surface area contributed by atoms with Gasteiger partial charge in [0.2, 0.25) is 0 Å². The minimum Gasteiger partial charge on any atom is -0.461 e. The minimum absolute atomic E-state index is 0.0150. The number of hydrogen-bond acceptors (Lipinski definition) is 3. The standard InChI is InChI=1S/C38H49N3OSi/c1-35(2)17-19-41-20-18-37(4,26-43(6,7)8)31-22-27(21-30(35)34(31)41)9-10-29-23-28(32(25-39)40-5)24-33(42-29)38-14-11-36(3,12-15-38)13-16-38/h9-10,21-24H,11-20,26H2,1-4,6-8H3/b10-9+,32-28+. The van der Waals surface area contributed by atoms with Crippen LogP contribution < -0.4 is 4.90 Å². The third-order valence-electron chi connectivity index (χ3n) is 11.6. The molecule has 1 unspecified atom stereocenters. The van der Waals surface area contributed by atoms with E-state index in [1.807, 2.05) is 12.2 Å². The lowest BCUT2D eigenvalue weighted by Gasteiger charge is -2.52. The molecule has 3 aliphatic carbocycles. The van der Waals surface area contributed by atoms with E-state index in [0.29, 0.717) is 11.0 Å². The Labute approximate surface area is 261 Å². The summed E-state index contributed by atoms with van der Waals surface area (Å²) in [7, 11) is -1.31. The highest BCUT2D eigenvalue weighted by Gasteiger charge is 2.50. The van der Waals surface area contributed by atoms with Gasteiger partial charge in [-0.05, 0) is 126 Å². The molecule has 0 N–H and O–H groups in total. The number of benzene rings is 1. The van der Waals surface area contributed by atoms with Gasteiger partial charge in [0, 0.05) is 32.3 Å². The molecule has 43 heavy (non-hydrogen) atoms. The first-order valence-electron chi connectivity index (χ1n) is 16.4. The van der Waals surface area contributed by atoms with Gasteiger partial charge in [-0.1, -0.05) is 53.4 Å². The molecule has 4 nitrogen and oxygen atoms in total. The number of ether oxygens (including phenoxy) is 1. The van der Waals surface area contributed by atoms with Crippen LogP contribution in [0, 0.1) is 28.7 Å². The van der Waals surface area contributed by atoms with Crippen LogP contribution in [-0.4, -0.2) is 21.2 Å². The lowest BCUT2D eigenvalue weighted by atomic mass is 9.53. The van der Waals surface area contributed by atoms with Gasteiger partial charge in [0.15, 0.2) is 0 Å². The highest BCUT2D eigenvalue weighted by atomic mass is 28.3. The first-order chi connectivity index (χ1) is 20.2. The van der Waals surface area contributed by atoms with E-state index in [0.717, 1.165) is 43.9 Å². The van der Waals surface area contributed by atoms with Crippen molar-refractivity contribution in [2.45, 2.75) is 116 Å². The third kappa shape index (κ3) is 5.44. The van der Waals surface area contributed by atoms with Gasteiger partial charge in [0.1, 0.15) is 11.5 Å². The predicted molar refractivity (Wildman–Crippen MR) is 180 cm³/mol. The fourth-order valence-corrected chi connectivity index (χ4v) is 11.6. The van der Waals surface area contributed by atoms with Gasteiger partial charge in [0.25, 0.3) is 5.70 Å². The van der Waals surface area contributed by atoms with Crippen molar-refractivity contribution >= 4 is 19.8 Å². The van der Waals surface area contributed by atoms with Crippen LogP contribution in [0.2, 0.25) is 25.7 Å². The van der Waals surface area contributed by atoms with E-state index in [4.69, 9.17) is 11.3 Å². The smallest absolute Gasteiger partial charge is 0.269 e. The minimum atomic E-state index is -1.31. The molecule has 1 aromatic carbocycles. The van der Waals surface area contributed by atoms with Gasteiger partial charge in [-0.25, -0.2) is 10.1 Å². The molecule has 1 aromatic rings. The first-order valence-corrected chi connectivity index (χ1v) is 20.1. The average Bonchev–Trinajstić information content (AvgIpc) is 2.95. The molecule has 3 fully saturated rings. The number of nitrogens with zero attached hydrogens (tertiary/aromatic N) is 3. The molecule has 5 heteroatoms. The van der Waals surface area contributed by atoms with E-state index in [1.165, 1.54) is 60.5 Å². The predicted octanol–water partition coefficient (Wildman–Crippen LogP) is 10.0. The van der Waals surface area contributed by atoms with Crippen molar-refractivity contribution in [2.75, 3.05) is 18.0 Å². The van der Waals surface area contributed by atoms with Crippen molar-refractivity contribution < 1.29 is 4.74 Å². The van der Waals surface area contributed by atoms with Gasteiger partial charge < -0.3 is 9.64 Å². The zero-order chi connectivity index (χ0) is 30.8. The molecule has 6 aliphatic rings. The van der Waals surface area contributed by atoms with Crippen LogP contribution >= 0.6 is 0 Å². The lowest BCUT2D eigenvalue weighted by Crippen LogP contribution is -2.47. The Hall–Kier alpha value is -3.02. The maximum atomic E-state index is 9.77. The summed E-state index contributed by atoms with van der Waals surface area (Å²) in [6.45, 7) is 27.2. The van der Waals surface area contributed by atoms with E-state index in [9.17, 15) is 5.26 Å². The molecular weight excluding hydrogens is 543 g/mol. The Morgan fingerprint density at radius 1 is 0.953 bits per heavy atom. The summed E-state index contributed by atoms with van der Waals surface area (Å²) >= 11 is 0. The summed E-state index contributed by atoms with van der Waals surface area (Å²) in [4.78, 5) is 6.23. The van der Waals surface area contributed by atoms with Crippen molar-refractivity contribution in [3.05, 3.63) is 81.3 Å². The summed E-state index contributed by atoms with van der Waals surface area (Å²) in [6.07, 6.45) is 17.6. The van der Waals surface area contributed by atoms with Crippen molar-refractivity contribution in [3.63, 3.8) is 0 Å². The number of allylic oxidation sites excluding steroid dienone is 6. The van der Waals surface area contributed by atoms with Gasteiger partial charge in [0.05, 0.1) is 12.6 Å². The summed E-state index contributed by atoms with van der Waals surface area (Å²) in [5.74, 6) is 1.69. The molecular formula is C38H49N3OSi. The first kappa shape index (κ1) is 30.0. The highest BCUT2D eigenvalue weighted by Crippen LogP contribution is 2.60. The van der Waals surface area contributed by atoms with Crippen molar-refractivity contribution in [2.24, 2.45) is 10.8 Å². The summed E-state index contributed by atoms with van der Waals surface area (Å²) in [5.41, 5.74) is 7.33. The van der Waals surface area contributed by atoms with Gasteiger partial charge in [-0.2, -0.15) is 0 Å². The Bertz CT molecular complexity index is 1510. The second kappa shape index (κ2) is 10.3. The molecule has 0 saturated heterocycles. The Balaban J connectivity index is 1.40. The molecule has 0 amide bonds. The topological polar surface area (TPSA) is 40.6 Å². The van der Waals surface area contributed by atoms with Crippen molar-refractivity contribution in [3.8, 4) is 6.07 Å². The number of nitriles is 1. The fraction of sp³-hybridized carbons (Fsp3) is 0.579. The quantitative estimate of drug-likeness (QED) is 0.194. The monoisotopic (exact) mass is 591 g/mol. The number of rotatable bonds is 5. The Morgan fingerprint density at radius 2 is 1.60 bits per heavy atom. The van der Waals surface area contributed by atoms with E-state index in [2.05, 4.69) is 87.4 Å². The van der Waals surface area contributed by atoms with Crippen molar-refractivity contribution in [1.82, 2.24) is 0 Å². The summed E-state index contributed by atoms with van der Waals surface area (Å²) in [6, 6.07) is 8.30. The average molecular weight is 592 g/mol. The van der Waals surface area contributed by atoms with Crippen LogP contribution in [0.25, 0.3) is 10.9 Å². The summed E-state index contributed by atoms with van der Waals surface area (Å²) in [5, 5.41) is 9.77. The van der Waals surface area contributed by atoms with Crippen LogP contribution in [0.15, 0.2) is 53.1 Å². The zero-order valence-corrected chi connectivity index (χ0v) is 28.5. The van der Waals surface area contributed by atoms with Gasteiger partial charge >= 0.3 is 0 Å². The fourth-order valence-electron chi connectivity index (χ4n) is 8.90. The molecule has 1 atom stereocenters. The molecule has 226 valence electrons. The van der Waals surface area contributed by atoms with E-state index in [1.54, 1.807) is 0 Å². The van der Waals surface area contributed by atoms with Crippen LogP contribution in [0.1, 0.15) is 95.8 Å². The Kier molecular flexibility index (Phi) is 7.17. The van der Waals surface area contributed by atoms with Gasteiger partial charge in [-0.15, -0.1) is 0 Å². The molecule has 0 spiro atoms. The molecule has 3 aliphatic heterocycles. The Morgan fingerprint density at radius 3 is 2.23 bits per heavy atom. The molecule has 3 heterocycles. The second-order valence-electron chi connectivity index (χ2n) is 16.7. The lowest BCUT2D eigenvalue weighted by molar-refractivity contribution is -0.00270.